The predicted octanol–water partition coefficient (Wildman–Crippen LogP) is 4.45. The summed E-state index contributed by atoms with van der Waals surface area (Å²) < 4.78 is 0. The van der Waals surface area contributed by atoms with E-state index in [1.165, 1.54) is 0 Å². The fraction of sp³-hybridized carbons (Fsp3) is 0.417. The number of fused-ring (bicyclic) bond motifs is 1. The van der Waals surface area contributed by atoms with Crippen LogP contribution in [0, 0.1) is 5.92 Å². The lowest BCUT2D eigenvalue weighted by Gasteiger charge is -2.26. The monoisotopic (exact) mass is 274 g/mol. The van der Waals surface area contributed by atoms with E-state index < -0.39 is 0 Å². The zero-order valence-electron chi connectivity index (χ0n) is 9.09. The zero-order valence-corrected chi connectivity index (χ0v) is 11.4. The molecule has 16 heavy (non-hydrogen) atoms. The number of benzene rings is 1. The topological polar surface area (TPSA) is 17.1 Å². The minimum absolute atomic E-state index is 0.00321. The number of hydrogen-bond donors (Lipinski definition) is 0. The molecule has 4 heteroatoms. The second-order valence-electron chi connectivity index (χ2n) is 4.22. The Balaban J connectivity index is 2.52. The first-order chi connectivity index (χ1) is 7.52. The molecule has 0 aliphatic carbocycles. The molecule has 0 fully saturated rings. The Hall–Kier alpha value is -0.180. The fourth-order valence-corrected chi connectivity index (χ4v) is 3.76. The molecule has 0 radical (unpaired) electrons. The van der Waals surface area contributed by atoms with Gasteiger partial charge in [0.15, 0.2) is 5.78 Å². The standard InChI is InChI=1S/C12H12Cl2OS/c1-6(2)12-11(15)10-7(5-16-12)8(13)3-4-9(10)14/h3-4,6,12H,5H2,1-2H3. The maximum Gasteiger partial charge on any atom is 0.177 e. The van der Waals surface area contributed by atoms with Gasteiger partial charge in [0, 0.05) is 16.3 Å². The minimum atomic E-state index is 0.00321. The van der Waals surface area contributed by atoms with Crippen molar-refractivity contribution in [3.63, 3.8) is 0 Å². The molecule has 1 aliphatic heterocycles. The van der Waals surface area contributed by atoms with Crippen molar-refractivity contribution in [2.45, 2.75) is 24.9 Å². The van der Waals surface area contributed by atoms with Crippen LogP contribution in [-0.2, 0) is 5.75 Å². The van der Waals surface area contributed by atoms with Crippen LogP contribution in [0.3, 0.4) is 0 Å². The smallest absolute Gasteiger partial charge is 0.177 e. The lowest BCUT2D eigenvalue weighted by atomic mass is 9.96. The van der Waals surface area contributed by atoms with E-state index in [1.54, 1.807) is 23.9 Å². The SMILES string of the molecule is CC(C)C1SCc2c(Cl)ccc(Cl)c2C1=O. The van der Waals surface area contributed by atoms with Crippen LogP contribution in [0.5, 0.6) is 0 Å². The Kier molecular flexibility index (Phi) is 3.53. The number of Topliss-reactive ketones (excluding diaryl/α,β-unsaturated/α-hetero) is 1. The summed E-state index contributed by atoms with van der Waals surface area (Å²) in [6, 6.07) is 3.46. The molecule has 1 aromatic rings. The molecule has 1 aromatic carbocycles. The molecule has 0 amide bonds. The maximum absolute atomic E-state index is 12.3. The van der Waals surface area contributed by atoms with E-state index in [0.29, 0.717) is 21.5 Å². The Morgan fingerprint density at radius 3 is 2.56 bits per heavy atom. The molecule has 0 N–H and O–H groups in total. The third-order valence-corrected chi connectivity index (χ3v) is 4.96. The van der Waals surface area contributed by atoms with Crippen LogP contribution in [0.25, 0.3) is 0 Å². The molecule has 0 saturated carbocycles. The Labute approximate surface area is 110 Å². The molecule has 0 bridgehead atoms. The molecule has 0 spiro atoms. The van der Waals surface area contributed by atoms with Crippen LogP contribution < -0.4 is 0 Å². The summed E-state index contributed by atoms with van der Waals surface area (Å²) in [7, 11) is 0. The van der Waals surface area contributed by atoms with Crippen LogP contribution in [0.2, 0.25) is 10.0 Å². The van der Waals surface area contributed by atoms with E-state index in [-0.39, 0.29) is 11.0 Å². The highest BCUT2D eigenvalue weighted by Gasteiger charge is 2.32. The Bertz CT molecular complexity index is 443. The van der Waals surface area contributed by atoms with Crippen LogP contribution in [0.4, 0.5) is 0 Å². The van der Waals surface area contributed by atoms with Crippen LogP contribution in [0.15, 0.2) is 12.1 Å². The van der Waals surface area contributed by atoms with Crippen molar-refractivity contribution in [2.75, 3.05) is 0 Å². The van der Waals surface area contributed by atoms with Gasteiger partial charge in [0.25, 0.3) is 0 Å². The number of carbonyl (C=O) groups excluding carboxylic acids is 1. The van der Waals surface area contributed by atoms with Crippen molar-refractivity contribution in [3.05, 3.63) is 33.3 Å². The van der Waals surface area contributed by atoms with Gasteiger partial charge in [0.2, 0.25) is 0 Å². The first-order valence-corrected chi connectivity index (χ1v) is 6.95. The third kappa shape index (κ3) is 1.99. The Morgan fingerprint density at radius 1 is 1.31 bits per heavy atom. The van der Waals surface area contributed by atoms with Gasteiger partial charge in [-0.3, -0.25) is 4.79 Å². The predicted molar refractivity (Wildman–Crippen MR) is 70.7 cm³/mol. The normalized spacial score (nSPS) is 20.1. The summed E-state index contributed by atoms with van der Waals surface area (Å²) >= 11 is 13.8. The highest BCUT2D eigenvalue weighted by atomic mass is 35.5. The van der Waals surface area contributed by atoms with E-state index in [1.807, 2.05) is 0 Å². The number of hydrogen-bond acceptors (Lipinski definition) is 2. The van der Waals surface area contributed by atoms with E-state index in [4.69, 9.17) is 23.2 Å². The van der Waals surface area contributed by atoms with Crippen LogP contribution >= 0.6 is 35.0 Å². The lowest BCUT2D eigenvalue weighted by molar-refractivity contribution is 0.0973. The molecule has 1 nitrogen and oxygen atoms in total. The quantitative estimate of drug-likeness (QED) is 0.753. The van der Waals surface area contributed by atoms with Crippen molar-refractivity contribution in [3.8, 4) is 0 Å². The highest BCUT2D eigenvalue weighted by Crippen LogP contribution is 2.40. The summed E-state index contributed by atoms with van der Waals surface area (Å²) in [5.74, 6) is 1.21. The number of thioether (sulfide) groups is 1. The molecule has 1 heterocycles. The average molecular weight is 275 g/mol. The summed E-state index contributed by atoms with van der Waals surface area (Å²) in [6.45, 7) is 4.11. The first-order valence-electron chi connectivity index (χ1n) is 5.15. The van der Waals surface area contributed by atoms with E-state index >= 15 is 0 Å². The molecule has 1 unspecified atom stereocenters. The van der Waals surface area contributed by atoms with Gasteiger partial charge in [-0.25, -0.2) is 0 Å². The summed E-state index contributed by atoms with van der Waals surface area (Å²) in [5, 5.41) is 1.17. The molecule has 0 aromatic heterocycles. The minimum Gasteiger partial charge on any atom is -0.293 e. The number of halogens is 2. The summed E-state index contributed by atoms with van der Waals surface area (Å²) in [5.41, 5.74) is 1.52. The molecule has 0 saturated heterocycles. The summed E-state index contributed by atoms with van der Waals surface area (Å²) in [4.78, 5) is 12.3. The van der Waals surface area contributed by atoms with E-state index in [0.717, 1.165) is 11.3 Å². The molecule has 1 aliphatic rings. The van der Waals surface area contributed by atoms with E-state index in [2.05, 4.69) is 13.8 Å². The Morgan fingerprint density at radius 2 is 1.94 bits per heavy atom. The fourth-order valence-electron chi connectivity index (χ4n) is 1.89. The molecule has 2 rings (SSSR count). The zero-order chi connectivity index (χ0) is 11.9. The number of rotatable bonds is 1. The second kappa shape index (κ2) is 4.59. The van der Waals surface area contributed by atoms with Crippen molar-refractivity contribution in [1.29, 1.82) is 0 Å². The third-order valence-electron chi connectivity index (χ3n) is 2.72. The van der Waals surface area contributed by atoms with E-state index in [9.17, 15) is 4.79 Å². The molecular weight excluding hydrogens is 263 g/mol. The lowest BCUT2D eigenvalue weighted by Crippen LogP contribution is -2.28. The number of ketones is 1. The average Bonchev–Trinajstić information content (AvgIpc) is 2.23. The first kappa shape index (κ1) is 12.3. The van der Waals surface area contributed by atoms with Gasteiger partial charge in [-0.1, -0.05) is 37.0 Å². The molecule has 86 valence electrons. The maximum atomic E-state index is 12.3. The summed E-state index contributed by atoms with van der Waals surface area (Å²) in [6.07, 6.45) is 0. The van der Waals surface area contributed by atoms with Gasteiger partial charge in [0.1, 0.15) is 0 Å². The van der Waals surface area contributed by atoms with Crippen molar-refractivity contribution >= 4 is 40.7 Å². The largest absolute Gasteiger partial charge is 0.293 e. The molecule has 1 atom stereocenters. The van der Waals surface area contributed by atoms with Gasteiger partial charge in [0.05, 0.1) is 10.3 Å². The molecular formula is C12H12Cl2OS. The highest BCUT2D eigenvalue weighted by molar-refractivity contribution is 8.00. The van der Waals surface area contributed by atoms with Gasteiger partial charge in [-0.15, -0.1) is 11.8 Å². The van der Waals surface area contributed by atoms with Gasteiger partial charge in [-0.05, 0) is 23.6 Å². The van der Waals surface area contributed by atoms with Gasteiger partial charge >= 0.3 is 0 Å². The second-order valence-corrected chi connectivity index (χ2v) is 6.17. The van der Waals surface area contributed by atoms with Crippen molar-refractivity contribution < 1.29 is 4.79 Å². The number of carbonyl (C=O) groups is 1. The van der Waals surface area contributed by atoms with Crippen molar-refractivity contribution in [1.82, 2.24) is 0 Å². The van der Waals surface area contributed by atoms with Gasteiger partial charge in [-0.2, -0.15) is 0 Å². The van der Waals surface area contributed by atoms with Crippen molar-refractivity contribution in [2.24, 2.45) is 5.92 Å². The van der Waals surface area contributed by atoms with Crippen LogP contribution in [-0.4, -0.2) is 11.0 Å². The van der Waals surface area contributed by atoms with Crippen LogP contribution in [0.1, 0.15) is 29.8 Å². The van der Waals surface area contributed by atoms with Gasteiger partial charge < -0.3 is 0 Å².